The number of nitro benzene ring substituents is 1. The smallest absolute Gasteiger partial charge is 0.266 e. The van der Waals surface area contributed by atoms with Crippen LogP contribution in [0.1, 0.15) is 14.5 Å². The van der Waals surface area contributed by atoms with Crippen LogP contribution >= 0.6 is 49.9 Å². The molecule has 1 amide bonds. The number of nitrogens with zero attached hydrogens (tertiary/aromatic N) is 4. The fraction of sp³-hybridized carbons (Fsp3) is 0. The lowest BCUT2D eigenvalue weighted by molar-refractivity contribution is -0.384. The van der Waals surface area contributed by atoms with Gasteiger partial charge in [0.2, 0.25) is 5.13 Å². The van der Waals surface area contributed by atoms with Gasteiger partial charge in [-0.25, -0.2) is 4.98 Å². The highest BCUT2D eigenvalue weighted by Gasteiger charge is 2.23. The fourth-order valence-corrected chi connectivity index (χ4v) is 6.02. The summed E-state index contributed by atoms with van der Waals surface area (Å²) in [6.45, 7) is 0. The van der Waals surface area contributed by atoms with Crippen molar-refractivity contribution in [3.05, 3.63) is 84.3 Å². The summed E-state index contributed by atoms with van der Waals surface area (Å²) in [5.41, 5.74) is 0.753. The topological polar surface area (TPSA) is 88.7 Å². The minimum absolute atomic E-state index is 0.0152. The van der Waals surface area contributed by atoms with Crippen LogP contribution in [-0.2, 0) is 0 Å². The molecule has 5 aromatic rings. The number of thiazole rings is 1. The first-order valence-corrected chi connectivity index (χ1v) is 12.4. The first-order valence-electron chi connectivity index (χ1n) is 9.14. The molecule has 7 nitrogen and oxygen atoms in total. The zero-order valence-electron chi connectivity index (χ0n) is 16.0. The highest BCUT2D eigenvalue weighted by atomic mass is 79.9. The van der Waals surface area contributed by atoms with Crippen LogP contribution in [0.15, 0.2) is 69.6 Å². The molecular formula is C21H11BrN4O3S3. The third-order valence-electron chi connectivity index (χ3n) is 4.48. The highest BCUT2D eigenvalue weighted by Crippen LogP contribution is 2.34. The van der Waals surface area contributed by atoms with Gasteiger partial charge in [0.1, 0.15) is 0 Å². The average Bonchev–Trinajstić information content (AvgIpc) is 3.52. The van der Waals surface area contributed by atoms with Crippen LogP contribution < -0.4 is 5.01 Å². The number of thiophene rings is 2. The lowest BCUT2D eigenvalue weighted by atomic mass is 10.2. The van der Waals surface area contributed by atoms with Gasteiger partial charge in [-0.3, -0.25) is 14.9 Å². The standard InChI is InChI=1S/C21H11BrN4O3S3/c22-13-3-5-16-18(10-13)32-21(24-16)25(23-11-15-2-1-7-30-15)20(27)19-9-12-8-14(26(28)29)4-6-17(12)31-19/h1-11H/b23-11+. The number of carbonyl (C=O) groups excluding carboxylic acids is 1. The minimum Gasteiger partial charge on any atom is -0.266 e. The van der Waals surface area contributed by atoms with E-state index in [1.165, 1.54) is 51.2 Å². The van der Waals surface area contributed by atoms with E-state index in [4.69, 9.17) is 0 Å². The van der Waals surface area contributed by atoms with Gasteiger partial charge in [0.05, 0.1) is 26.2 Å². The molecule has 2 aromatic carbocycles. The number of rotatable bonds is 5. The molecule has 0 aliphatic rings. The van der Waals surface area contributed by atoms with Gasteiger partial charge in [0, 0.05) is 31.6 Å². The minimum atomic E-state index is -0.449. The number of nitro groups is 1. The van der Waals surface area contributed by atoms with Gasteiger partial charge in [0.25, 0.3) is 11.6 Å². The van der Waals surface area contributed by atoms with E-state index in [-0.39, 0.29) is 11.6 Å². The largest absolute Gasteiger partial charge is 0.290 e. The maximum Gasteiger partial charge on any atom is 0.290 e. The van der Waals surface area contributed by atoms with E-state index in [2.05, 4.69) is 26.0 Å². The van der Waals surface area contributed by atoms with Crippen LogP contribution in [0.4, 0.5) is 10.8 Å². The van der Waals surface area contributed by atoms with Gasteiger partial charge in [-0.1, -0.05) is 33.3 Å². The van der Waals surface area contributed by atoms with E-state index in [1.807, 2.05) is 35.7 Å². The van der Waals surface area contributed by atoms with Gasteiger partial charge in [-0.2, -0.15) is 10.1 Å². The second-order valence-corrected chi connectivity index (χ2v) is 10.6. The molecule has 3 aromatic heterocycles. The second kappa shape index (κ2) is 8.51. The molecule has 0 aliphatic carbocycles. The van der Waals surface area contributed by atoms with E-state index >= 15 is 0 Å². The van der Waals surface area contributed by atoms with Gasteiger partial charge in [-0.05, 0) is 41.8 Å². The van der Waals surface area contributed by atoms with Gasteiger partial charge in [-0.15, -0.1) is 22.7 Å². The molecule has 0 spiro atoms. The van der Waals surface area contributed by atoms with Crippen LogP contribution in [0, 0.1) is 10.1 Å². The van der Waals surface area contributed by atoms with Crippen molar-refractivity contribution >= 4 is 93.2 Å². The monoisotopic (exact) mass is 542 g/mol. The normalized spacial score (nSPS) is 11.5. The van der Waals surface area contributed by atoms with Gasteiger partial charge >= 0.3 is 0 Å². The number of aromatic nitrogens is 1. The van der Waals surface area contributed by atoms with Crippen molar-refractivity contribution in [1.82, 2.24) is 4.98 Å². The first kappa shape index (κ1) is 20.9. The predicted molar refractivity (Wildman–Crippen MR) is 135 cm³/mol. The molecule has 0 unspecified atom stereocenters. The highest BCUT2D eigenvalue weighted by molar-refractivity contribution is 9.10. The van der Waals surface area contributed by atoms with Crippen molar-refractivity contribution in [3.63, 3.8) is 0 Å². The Morgan fingerprint density at radius 3 is 2.78 bits per heavy atom. The summed E-state index contributed by atoms with van der Waals surface area (Å²) in [7, 11) is 0. The van der Waals surface area contributed by atoms with E-state index in [0.29, 0.717) is 15.4 Å². The van der Waals surface area contributed by atoms with Crippen molar-refractivity contribution in [3.8, 4) is 0 Å². The Morgan fingerprint density at radius 2 is 2.00 bits per heavy atom. The molecule has 32 heavy (non-hydrogen) atoms. The van der Waals surface area contributed by atoms with E-state index in [1.54, 1.807) is 18.3 Å². The quantitative estimate of drug-likeness (QED) is 0.137. The van der Waals surface area contributed by atoms with Crippen LogP contribution in [0.25, 0.3) is 20.3 Å². The molecule has 0 radical (unpaired) electrons. The summed E-state index contributed by atoms with van der Waals surface area (Å²) in [4.78, 5) is 30.1. The Bertz CT molecular complexity index is 1510. The molecule has 0 atom stereocenters. The molecule has 11 heteroatoms. The lowest BCUT2D eigenvalue weighted by Gasteiger charge is -2.12. The van der Waals surface area contributed by atoms with Gasteiger partial charge in [0.15, 0.2) is 0 Å². The third kappa shape index (κ3) is 4.07. The number of hydrogen-bond donors (Lipinski definition) is 0. The van der Waals surface area contributed by atoms with Crippen molar-refractivity contribution in [2.75, 3.05) is 5.01 Å². The zero-order chi connectivity index (χ0) is 22.2. The van der Waals surface area contributed by atoms with Crippen molar-refractivity contribution in [1.29, 1.82) is 0 Å². The third-order valence-corrected chi connectivity index (χ3v) is 7.88. The van der Waals surface area contributed by atoms with Crippen LogP contribution in [0.5, 0.6) is 0 Å². The molecule has 3 heterocycles. The maximum atomic E-state index is 13.5. The fourth-order valence-electron chi connectivity index (χ4n) is 3.00. The molecule has 0 bridgehead atoms. The van der Waals surface area contributed by atoms with Crippen molar-refractivity contribution in [2.24, 2.45) is 5.10 Å². The zero-order valence-corrected chi connectivity index (χ0v) is 20.0. The Hall–Kier alpha value is -2.99. The summed E-state index contributed by atoms with van der Waals surface area (Å²) < 4.78 is 2.63. The number of anilines is 1. The van der Waals surface area contributed by atoms with Crippen LogP contribution in [-0.4, -0.2) is 22.0 Å². The number of non-ortho nitro benzene ring substituents is 1. The van der Waals surface area contributed by atoms with E-state index in [9.17, 15) is 14.9 Å². The summed E-state index contributed by atoms with van der Waals surface area (Å²) in [6, 6.07) is 15.8. The number of hydrazone groups is 1. The molecule has 5 rings (SSSR count). The van der Waals surface area contributed by atoms with E-state index < -0.39 is 4.92 Å². The number of halogens is 1. The molecular weight excluding hydrogens is 532 g/mol. The molecule has 0 saturated heterocycles. The number of fused-ring (bicyclic) bond motifs is 2. The SMILES string of the molecule is O=C(c1cc2cc([N+](=O)[O-])ccc2s1)N(/N=C/c1cccs1)c1nc2ccc(Br)cc2s1. The second-order valence-electron chi connectivity index (χ2n) is 6.58. The van der Waals surface area contributed by atoms with Crippen LogP contribution in [0.3, 0.4) is 0 Å². The Balaban J connectivity index is 1.57. The maximum absolute atomic E-state index is 13.5. The number of carbonyl (C=O) groups is 1. The number of benzene rings is 2. The van der Waals surface area contributed by atoms with Crippen molar-refractivity contribution < 1.29 is 9.72 Å². The number of hydrogen-bond acceptors (Lipinski definition) is 8. The van der Waals surface area contributed by atoms with Crippen molar-refractivity contribution in [2.45, 2.75) is 0 Å². The summed E-state index contributed by atoms with van der Waals surface area (Å²) in [5.74, 6) is -0.347. The molecule has 0 N–H and O–H groups in total. The Morgan fingerprint density at radius 1 is 1.12 bits per heavy atom. The number of amides is 1. The van der Waals surface area contributed by atoms with E-state index in [0.717, 1.165) is 24.3 Å². The summed E-state index contributed by atoms with van der Waals surface area (Å²) >= 11 is 7.60. The first-order chi connectivity index (χ1) is 15.5. The molecule has 0 saturated carbocycles. The Kier molecular flexibility index (Phi) is 5.55. The average molecular weight is 543 g/mol. The summed E-state index contributed by atoms with van der Waals surface area (Å²) in [6.07, 6.45) is 1.63. The molecule has 158 valence electrons. The predicted octanol–water partition coefficient (Wildman–Crippen LogP) is 6.92. The van der Waals surface area contributed by atoms with Crippen LogP contribution in [0.2, 0.25) is 0 Å². The lowest BCUT2D eigenvalue weighted by Crippen LogP contribution is -2.24. The molecule has 0 fully saturated rings. The molecule has 0 aliphatic heterocycles. The summed E-state index contributed by atoms with van der Waals surface area (Å²) in [5, 5.41) is 19.8. The Labute approximate surface area is 201 Å². The van der Waals surface area contributed by atoms with Gasteiger partial charge < -0.3 is 0 Å².